The Bertz CT molecular complexity index is 407. The molecule has 0 amide bonds. The van der Waals surface area contributed by atoms with Gasteiger partial charge in [0.2, 0.25) is 0 Å². The summed E-state index contributed by atoms with van der Waals surface area (Å²) in [4.78, 5) is 0. The highest BCUT2D eigenvalue weighted by atomic mass is 35.5. The Balaban J connectivity index is 2.18. The van der Waals surface area contributed by atoms with Crippen LogP contribution in [0.25, 0.3) is 0 Å². The number of aliphatic hydroxyl groups excluding tert-OH is 1. The summed E-state index contributed by atoms with van der Waals surface area (Å²) in [7, 11) is 0. The second-order valence-electron chi connectivity index (χ2n) is 5.24. The Kier molecular flexibility index (Phi) is 4.63. The minimum absolute atomic E-state index is 0.0930. The molecule has 0 heterocycles. The molecule has 1 aromatic carbocycles. The Hall–Kier alpha value is -0.600. The summed E-state index contributed by atoms with van der Waals surface area (Å²) < 4.78 is 13.1. The molecule has 0 aliphatic heterocycles. The molecule has 2 rings (SSSR count). The van der Waals surface area contributed by atoms with Crippen LogP contribution >= 0.6 is 11.6 Å². The average molecular weight is 271 g/mol. The molecule has 3 atom stereocenters. The summed E-state index contributed by atoms with van der Waals surface area (Å²) in [6.07, 6.45) is 5.24. The SMILES string of the molecule is CCC1CCCCC1C(O)c1ccc(F)c(Cl)c1. The van der Waals surface area contributed by atoms with Gasteiger partial charge in [-0.05, 0) is 36.0 Å². The van der Waals surface area contributed by atoms with E-state index in [-0.39, 0.29) is 10.9 Å². The molecule has 1 fully saturated rings. The molecule has 100 valence electrons. The lowest BCUT2D eigenvalue weighted by Gasteiger charge is -2.34. The third-order valence-electron chi connectivity index (χ3n) is 4.18. The van der Waals surface area contributed by atoms with E-state index in [1.54, 1.807) is 12.1 Å². The van der Waals surface area contributed by atoms with E-state index in [0.29, 0.717) is 5.92 Å². The van der Waals surface area contributed by atoms with Gasteiger partial charge >= 0.3 is 0 Å². The Morgan fingerprint density at radius 3 is 2.78 bits per heavy atom. The third-order valence-corrected chi connectivity index (χ3v) is 4.47. The van der Waals surface area contributed by atoms with Crippen LogP contribution in [-0.2, 0) is 0 Å². The number of rotatable bonds is 3. The van der Waals surface area contributed by atoms with Crippen LogP contribution in [0.3, 0.4) is 0 Å². The topological polar surface area (TPSA) is 20.2 Å². The molecule has 18 heavy (non-hydrogen) atoms. The van der Waals surface area contributed by atoms with Crippen LogP contribution < -0.4 is 0 Å². The number of halogens is 2. The van der Waals surface area contributed by atoms with Gasteiger partial charge in [-0.3, -0.25) is 0 Å². The van der Waals surface area contributed by atoms with Crippen molar-refractivity contribution in [2.75, 3.05) is 0 Å². The first kappa shape index (κ1) is 13.8. The van der Waals surface area contributed by atoms with Crippen LogP contribution in [-0.4, -0.2) is 5.11 Å². The largest absolute Gasteiger partial charge is 0.388 e. The smallest absolute Gasteiger partial charge is 0.141 e. The van der Waals surface area contributed by atoms with Gasteiger partial charge in [-0.15, -0.1) is 0 Å². The van der Waals surface area contributed by atoms with Gasteiger partial charge in [0.05, 0.1) is 11.1 Å². The molecule has 1 nitrogen and oxygen atoms in total. The number of aliphatic hydroxyl groups is 1. The molecule has 0 saturated heterocycles. The average Bonchev–Trinajstić information content (AvgIpc) is 2.41. The zero-order valence-corrected chi connectivity index (χ0v) is 11.5. The normalized spacial score (nSPS) is 26.0. The van der Waals surface area contributed by atoms with Crippen LogP contribution in [0.2, 0.25) is 5.02 Å². The lowest BCUT2D eigenvalue weighted by atomic mass is 9.73. The fraction of sp³-hybridized carbons (Fsp3) is 0.600. The molecule has 1 aliphatic carbocycles. The molecule has 1 aromatic rings. The molecule has 1 saturated carbocycles. The standard InChI is InChI=1S/C15H20ClFO/c1-2-10-5-3-4-6-12(10)15(18)11-7-8-14(17)13(16)9-11/h7-10,12,15,18H,2-6H2,1H3. The van der Waals surface area contributed by atoms with E-state index in [2.05, 4.69) is 6.92 Å². The Labute approximate surface area is 113 Å². The van der Waals surface area contributed by atoms with Crippen LogP contribution in [0.4, 0.5) is 4.39 Å². The zero-order chi connectivity index (χ0) is 13.1. The van der Waals surface area contributed by atoms with Crippen molar-refractivity contribution < 1.29 is 9.50 Å². The highest BCUT2D eigenvalue weighted by Gasteiger charge is 2.30. The number of hydrogen-bond acceptors (Lipinski definition) is 1. The van der Waals surface area contributed by atoms with E-state index in [0.717, 1.165) is 18.4 Å². The van der Waals surface area contributed by atoms with E-state index in [9.17, 15) is 9.50 Å². The highest BCUT2D eigenvalue weighted by Crippen LogP contribution is 2.40. The van der Waals surface area contributed by atoms with E-state index in [1.807, 2.05) is 0 Å². The molecular formula is C15H20ClFO. The third kappa shape index (κ3) is 2.86. The van der Waals surface area contributed by atoms with Gasteiger partial charge in [0, 0.05) is 0 Å². The van der Waals surface area contributed by atoms with Gasteiger partial charge < -0.3 is 5.11 Å². The predicted octanol–water partition coefficient (Wildman–Crippen LogP) is 4.73. The van der Waals surface area contributed by atoms with Gasteiger partial charge in [-0.25, -0.2) is 4.39 Å². The van der Waals surface area contributed by atoms with Crippen molar-refractivity contribution in [2.45, 2.75) is 45.1 Å². The van der Waals surface area contributed by atoms with Gasteiger partial charge in [0.15, 0.2) is 0 Å². The van der Waals surface area contributed by atoms with Gasteiger partial charge in [0.25, 0.3) is 0 Å². The number of hydrogen-bond donors (Lipinski definition) is 1. The maximum absolute atomic E-state index is 13.1. The minimum Gasteiger partial charge on any atom is -0.388 e. The molecule has 0 radical (unpaired) electrons. The van der Waals surface area contributed by atoms with Crippen molar-refractivity contribution in [2.24, 2.45) is 11.8 Å². The van der Waals surface area contributed by atoms with Crippen molar-refractivity contribution in [3.05, 3.63) is 34.6 Å². The molecule has 0 spiro atoms. The van der Waals surface area contributed by atoms with Crippen molar-refractivity contribution in [3.63, 3.8) is 0 Å². The minimum atomic E-state index is -0.520. The summed E-state index contributed by atoms with van der Waals surface area (Å²) >= 11 is 5.78. The summed E-state index contributed by atoms with van der Waals surface area (Å²) in [6.45, 7) is 2.17. The Morgan fingerprint density at radius 2 is 2.11 bits per heavy atom. The fourth-order valence-corrected chi connectivity index (χ4v) is 3.29. The second kappa shape index (κ2) is 6.03. The van der Waals surface area contributed by atoms with E-state index in [4.69, 9.17) is 11.6 Å². The van der Waals surface area contributed by atoms with E-state index in [1.165, 1.54) is 25.3 Å². The first-order valence-electron chi connectivity index (χ1n) is 6.76. The van der Waals surface area contributed by atoms with Gasteiger partial charge in [-0.1, -0.05) is 50.3 Å². The number of benzene rings is 1. The summed E-state index contributed by atoms with van der Waals surface area (Å²) in [5, 5.41) is 10.6. The van der Waals surface area contributed by atoms with Crippen LogP contribution in [0, 0.1) is 17.7 Å². The first-order valence-corrected chi connectivity index (χ1v) is 7.14. The maximum atomic E-state index is 13.1. The van der Waals surface area contributed by atoms with Crippen molar-refractivity contribution in [3.8, 4) is 0 Å². The summed E-state index contributed by atoms with van der Waals surface area (Å²) in [6, 6.07) is 4.54. The molecule has 3 heteroatoms. The molecule has 3 unspecified atom stereocenters. The molecular weight excluding hydrogens is 251 g/mol. The molecule has 1 N–H and O–H groups in total. The lowest BCUT2D eigenvalue weighted by molar-refractivity contribution is 0.0451. The van der Waals surface area contributed by atoms with Crippen molar-refractivity contribution >= 4 is 11.6 Å². The molecule has 1 aliphatic rings. The van der Waals surface area contributed by atoms with Crippen LogP contribution in [0.5, 0.6) is 0 Å². The van der Waals surface area contributed by atoms with Crippen LogP contribution in [0.1, 0.15) is 50.7 Å². The zero-order valence-electron chi connectivity index (χ0n) is 10.7. The first-order chi connectivity index (χ1) is 8.63. The maximum Gasteiger partial charge on any atom is 0.141 e. The van der Waals surface area contributed by atoms with Crippen molar-refractivity contribution in [1.29, 1.82) is 0 Å². The monoisotopic (exact) mass is 270 g/mol. The van der Waals surface area contributed by atoms with E-state index < -0.39 is 11.9 Å². The van der Waals surface area contributed by atoms with Crippen molar-refractivity contribution in [1.82, 2.24) is 0 Å². The second-order valence-corrected chi connectivity index (χ2v) is 5.64. The predicted molar refractivity (Wildman–Crippen MR) is 72.1 cm³/mol. The quantitative estimate of drug-likeness (QED) is 0.842. The van der Waals surface area contributed by atoms with Crippen LogP contribution in [0.15, 0.2) is 18.2 Å². The van der Waals surface area contributed by atoms with E-state index >= 15 is 0 Å². The lowest BCUT2D eigenvalue weighted by Crippen LogP contribution is -2.25. The fourth-order valence-electron chi connectivity index (χ4n) is 3.10. The van der Waals surface area contributed by atoms with Gasteiger partial charge in [0.1, 0.15) is 5.82 Å². The molecule has 0 aromatic heterocycles. The highest BCUT2D eigenvalue weighted by molar-refractivity contribution is 6.30. The summed E-state index contributed by atoms with van der Waals surface area (Å²) in [5.41, 5.74) is 0.742. The van der Waals surface area contributed by atoms with Gasteiger partial charge in [-0.2, -0.15) is 0 Å². The molecule has 0 bridgehead atoms. The summed E-state index contributed by atoms with van der Waals surface area (Å²) in [5.74, 6) is 0.422. The Morgan fingerprint density at radius 1 is 1.39 bits per heavy atom.